The minimum absolute atomic E-state index is 0.0219. The van der Waals surface area contributed by atoms with Crippen LogP contribution in [0.4, 0.5) is 5.69 Å². The number of benzene rings is 2. The normalized spacial score (nSPS) is 26.2. The van der Waals surface area contributed by atoms with E-state index in [1.54, 1.807) is 24.3 Å². The summed E-state index contributed by atoms with van der Waals surface area (Å²) in [5.41, 5.74) is 0.390. The molecule has 0 spiro atoms. The first-order chi connectivity index (χ1) is 15.0. The van der Waals surface area contributed by atoms with E-state index in [1.165, 1.54) is 12.1 Å². The van der Waals surface area contributed by atoms with E-state index in [-0.39, 0.29) is 36.8 Å². The van der Waals surface area contributed by atoms with Crippen LogP contribution in [0.1, 0.15) is 28.4 Å². The molecule has 1 fully saturated rings. The summed E-state index contributed by atoms with van der Waals surface area (Å²) in [4.78, 5) is 23.0. The Kier molecular flexibility index (Phi) is 5.11. The maximum absolute atomic E-state index is 12.1. The van der Waals surface area contributed by atoms with Crippen LogP contribution in [0, 0.1) is 10.1 Å². The number of rotatable bonds is 5. The molecule has 1 N–H and O–H groups in total. The number of nitrogens with zero attached hydrogens (tertiary/aromatic N) is 1. The van der Waals surface area contributed by atoms with Crippen LogP contribution in [0.5, 0.6) is 17.2 Å². The molecule has 3 heterocycles. The second-order valence-electron chi connectivity index (χ2n) is 6.97. The fourth-order valence-electron chi connectivity index (χ4n) is 3.56. The lowest BCUT2D eigenvalue weighted by Crippen LogP contribution is -2.26. The molecule has 11 nitrogen and oxygen atoms in total. The highest BCUT2D eigenvalue weighted by Crippen LogP contribution is 2.48. The van der Waals surface area contributed by atoms with Crippen LogP contribution < -0.4 is 14.0 Å². The number of hydrogen-bond donors (Lipinski definition) is 1. The summed E-state index contributed by atoms with van der Waals surface area (Å²) in [7, 11) is -2.01. The zero-order valence-electron chi connectivity index (χ0n) is 15.8. The van der Waals surface area contributed by atoms with Gasteiger partial charge in [0.05, 0.1) is 35.4 Å². The third kappa shape index (κ3) is 3.77. The van der Waals surface area contributed by atoms with Crippen molar-refractivity contribution in [3.63, 3.8) is 0 Å². The molecule has 162 valence electrons. The lowest BCUT2D eigenvalue weighted by molar-refractivity contribution is -0.386. The third-order valence-corrected chi connectivity index (χ3v) is 6.09. The van der Waals surface area contributed by atoms with E-state index >= 15 is 0 Å². The number of aliphatic hydroxyl groups is 1. The van der Waals surface area contributed by atoms with E-state index < -0.39 is 37.8 Å². The van der Waals surface area contributed by atoms with E-state index in [0.29, 0.717) is 17.1 Å². The molecule has 0 saturated carbocycles. The maximum atomic E-state index is 12.1. The van der Waals surface area contributed by atoms with Crippen molar-refractivity contribution >= 4 is 20.3 Å². The molecule has 12 heteroatoms. The van der Waals surface area contributed by atoms with Gasteiger partial charge in [0.25, 0.3) is 5.69 Å². The molecule has 4 atom stereocenters. The lowest BCUT2D eigenvalue weighted by atomic mass is 10.0. The van der Waals surface area contributed by atoms with E-state index in [0.717, 1.165) is 0 Å². The molecule has 0 amide bonds. The second-order valence-corrected chi connectivity index (χ2v) is 8.04. The summed E-state index contributed by atoms with van der Waals surface area (Å²) in [5.74, 6) is 0.456. The molecule has 2 aromatic rings. The molecule has 5 rings (SSSR count). The van der Waals surface area contributed by atoms with Crippen molar-refractivity contribution in [2.75, 3.05) is 13.4 Å². The summed E-state index contributed by atoms with van der Waals surface area (Å²) >= 11 is 0. The predicted octanol–water partition coefficient (Wildman–Crippen LogP) is 3.01. The molecule has 0 aliphatic carbocycles. The topological polar surface area (TPSA) is 136 Å². The van der Waals surface area contributed by atoms with Gasteiger partial charge in [-0.2, -0.15) is 0 Å². The van der Waals surface area contributed by atoms with Crippen LogP contribution in [0.15, 0.2) is 36.4 Å². The summed E-state index contributed by atoms with van der Waals surface area (Å²) < 4.78 is 32.6. The van der Waals surface area contributed by atoms with Crippen molar-refractivity contribution in [3.05, 3.63) is 57.6 Å². The monoisotopic (exact) mass is 449 g/mol. The number of carbonyl (C=O) groups excluding carboxylic acids is 1. The van der Waals surface area contributed by atoms with Gasteiger partial charge >= 0.3 is 14.6 Å². The first kappa shape index (κ1) is 20.0. The highest BCUT2D eigenvalue weighted by molar-refractivity contribution is 7.43. The van der Waals surface area contributed by atoms with Crippen molar-refractivity contribution in [2.45, 2.75) is 24.7 Å². The number of hydrogen-bond acceptors (Lipinski definition) is 10. The Hall–Kier alpha value is -2.98. The fourth-order valence-corrected chi connectivity index (χ4v) is 4.52. The quantitative estimate of drug-likeness (QED) is 0.412. The van der Waals surface area contributed by atoms with Gasteiger partial charge in [-0.1, -0.05) is 12.1 Å². The molecule has 31 heavy (non-hydrogen) atoms. The summed E-state index contributed by atoms with van der Waals surface area (Å²) in [6.07, 6.45) is -2.37. The Morgan fingerprint density at radius 3 is 2.74 bits per heavy atom. The number of fused-ring (bicyclic) bond motifs is 2. The lowest BCUT2D eigenvalue weighted by Gasteiger charge is -2.24. The average molecular weight is 449 g/mol. The van der Waals surface area contributed by atoms with Crippen LogP contribution in [-0.4, -0.2) is 41.6 Å². The van der Waals surface area contributed by atoms with Gasteiger partial charge in [0, 0.05) is 6.42 Å². The Morgan fingerprint density at radius 1 is 1.16 bits per heavy atom. The maximum Gasteiger partial charge on any atom is 0.465 e. The van der Waals surface area contributed by atoms with Crippen LogP contribution >= 0.6 is 8.60 Å². The zero-order valence-corrected chi connectivity index (χ0v) is 16.7. The van der Waals surface area contributed by atoms with Gasteiger partial charge in [-0.05, 0) is 18.2 Å². The number of nitro groups is 1. The largest absolute Gasteiger partial charge is 0.465 e. The first-order valence-electron chi connectivity index (χ1n) is 9.33. The molecule has 1 saturated heterocycles. The minimum atomic E-state index is -2.01. The number of para-hydroxylation sites is 1. The van der Waals surface area contributed by atoms with Gasteiger partial charge in [0.2, 0.25) is 6.79 Å². The van der Waals surface area contributed by atoms with Crippen molar-refractivity contribution in [2.24, 2.45) is 0 Å². The van der Waals surface area contributed by atoms with Gasteiger partial charge < -0.3 is 28.4 Å². The molecule has 2 unspecified atom stereocenters. The van der Waals surface area contributed by atoms with Crippen molar-refractivity contribution in [1.29, 1.82) is 0 Å². The fraction of sp³-hybridized carbons (Fsp3) is 0.316. The molecule has 3 aliphatic heterocycles. The third-order valence-electron chi connectivity index (χ3n) is 5.07. The Bertz CT molecular complexity index is 1050. The van der Waals surface area contributed by atoms with Crippen LogP contribution in [0.2, 0.25) is 0 Å². The highest BCUT2D eigenvalue weighted by atomic mass is 31.2. The van der Waals surface area contributed by atoms with E-state index in [1.807, 2.05) is 0 Å². The Labute approximate surface area is 176 Å². The van der Waals surface area contributed by atoms with Crippen LogP contribution in [0.3, 0.4) is 0 Å². The molecule has 0 bridgehead atoms. The molecule has 2 aromatic carbocycles. The van der Waals surface area contributed by atoms with Gasteiger partial charge in [0.1, 0.15) is 17.4 Å². The Balaban J connectivity index is 1.27. The van der Waals surface area contributed by atoms with E-state index in [2.05, 4.69) is 0 Å². The van der Waals surface area contributed by atoms with Gasteiger partial charge in [-0.15, -0.1) is 0 Å². The number of nitro benzene ring substituents is 1. The summed E-state index contributed by atoms with van der Waals surface area (Å²) in [6.45, 7) is -0.150. The molecule has 0 radical (unpaired) electrons. The summed E-state index contributed by atoms with van der Waals surface area (Å²) in [6, 6.07) is 9.40. The van der Waals surface area contributed by atoms with E-state index in [9.17, 15) is 20.0 Å². The number of aliphatic hydroxyl groups excluding tert-OH is 1. The van der Waals surface area contributed by atoms with Crippen LogP contribution in [-0.2, 0) is 13.8 Å². The van der Waals surface area contributed by atoms with Crippen molar-refractivity contribution in [3.8, 4) is 17.2 Å². The summed E-state index contributed by atoms with van der Waals surface area (Å²) in [5, 5.41) is 21.9. The number of carbonyl (C=O) groups is 1. The predicted molar refractivity (Wildman–Crippen MR) is 103 cm³/mol. The van der Waals surface area contributed by atoms with Crippen LogP contribution in [0.25, 0.3) is 0 Å². The molecular weight excluding hydrogens is 433 g/mol. The Morgan fingerprint density at radius 2 is 1.94 bits per heavy atom. The van der Waals surface area contributed by atoms with Crippen molar-refractivity contribution in [1.82, 2.24) is 0 Å². The number of ether oxygens (including phenoxy) is 3. The van der Waals surface area contributed by atoms with E-state index in [4.69, 9.17) is 27.8 Å². The smallest absolute Gasteiger partial charge is 0.454 e. The van der Waals surface area contributed by atoms with Gasteiger partial charge in [-0.25, -0.2) is 4.79 Å². The second kappa shape index (κ2) is 7.93. The molecular formula is C19H16NO10P. The first-order valence-corrected chi connectivity index (χ1v) is 10.4. The SMILES string of the molecule is O=C1OP(OC[C@H]2O[C@@H](c3cc4c(cc3[N+](=O)[O-])OCO4)CC2O)Oc2ccccc21. The average Bonchev–Trinajstić information content (AvgIpc) is 3.37. The standard InChI is InChI=1S/C19H16NO10P/c21-13-7-15(11-5-16-17(26-9-25-16)6-12(11)20(23)24)28-18(13)8-27-31-29-14-4-2-1-3-10(14)19(22)30-31/h1-6,13,15,18,21H,7-9H2/t13?,15-,18-,31?/m1/s1. The molecule has 0 aromatic heterocycles. The highest BCUT2D eigenvalue weighted by Gasteiger charge is 2.40. The molecule has 3 aliphatic rings. The zero-order chi connectivity index (χ0) is 21.5. The van der Waals surface area contributed by atoms with Gasteiger partial charge in [-0.3, -0.25) is 14.6 Å². The van der Waals surface area contributed by atoms with Crippen molar-refractivity contribution < 1.29 is 42.6 Å². The minimum Gasteiger partial charge on any atom is -0.454 e. The van der Waals surface area contributed by atoms with Gasteiger partial charge in [0.15, 0.2) is 11.5 Å².